The minimum absolute atomic E-state index is 0.0190. The van der Waals surface area contributed by atoms with E-state index in [0.29, 0.717) is 5.56 Å². The molecular weight excluding hydrogens is 576 g/mol. The third-order valence-corrected chi connectivity index (χ3v) is 7.62. The van der Waals surface area contributed by atoms with E-state index in [1.54, 1.807) is 0 Å². The number of benzene rings is 2. The number of aliphatic hydroxyl groups excluding tert-OH is 6. The van der Waals surface area contributed by atoms with Gasteiger partial charge in [-0.25, -0.2) is 0 Å². The van der Waals surface area contributed by atoms with Crippen LogP contribution in [0, 0.1) is 0 Å². The van der Waals surface area contributed by atoms with Gasteiger partial charge in [-0.3, -0.25) is 0 Å². The molecular formula is C28H35O15+. The van der Waals surface area contributed by atoms with Gasteiger partial charge in [0.05, 0.1) is 31.5 Å². The van der Waals surface area contributed by atoms with E-state index < -0.39 is 74.1 Å². The number of fused-ring (bicyclic) bond motifs is 1. The van der Waals surface area contributed by atoms with Crippen LogP contribution in [0.4, 0.5) is 0 Å². The third kappa shape index (κ3) is 6.04. The average Bonchev–Trinajstić information content (AvgIpc) is 2.98. The molecule has 0 aliphatic carbocycles. The summed E-state index contributed by atoms with van der Waals surface area (Å²) in [5, 5.41) is 92.7. The van der Waals surface area contributed by atoms with Gasteiger partial charge < -0.3 is 74.4 Å². The minimum Gasteiger partial charge on any atom is -0.571 e. The average molecular weight is 612 g/mol. The van der Waals surface area contributed by atoms with Gasteiger partial charge in [-0.1, -0.05) is 0 Å². The van der Waals surface area contributed by atoms with Crippen LogP contribution in [0.1, 0.15) is 24.2 Å². The summed E-state index contributed by atoms with van der Waals surface area (Å²) >= 11 is 0. The monoisotopic (exact) mass is 611 g/mol. The largest absolute Gasteiger partial charge is 0.571 e. The van der Waals surface area contributed by atoms with Gasteiger partial charge in [0.1, 0.15) is 59.8 Å². The quantitative estimate of drug-likeness (QED) is 0.167. The molecule has 1 unspecified atom stereocenters. The lowest BCUT2D eigenvalue weighted by atomic mass is 9.98. The van der Waals surface area contributed by atoms with E-state index in [2.05, 4.69) is 4.74 Å². The van der Waals surface area contributed by atoms with Crippen LogP contribution < -0.4 is 4.74 Å². The zero-order chi connectivity index (χ0) is 31.2. The molecule has 2 aromatic carbocycles. The zero-order valence-electron chi connectivity index (χ0n) is 23.0. The van der Waals surface area contributed by atoms with Gasteiger partial charge in [-0.15, -0.1) is 0 Å². The Bertz CT molecular complexity index is 1330. The first-order chi connectivity index (χ1) is 20.4. The molecule has 3 heterocycles. The molecule has 0 amide bonds. The predicted octanol–water partition coefficient (Wildman–Crippen LogP) is -1.18. The summed E-state index contributed by atoms with van der Waals surface area (Å²) in [6, 6.07) is 6.82. The lowest BCUT2D eigenvalue weighted by Gasteiger charge is -2.42. The van der Waals surface area contributed by atoms with Crippen LogP contribution in [0.3, 0.4) is 0 Å². The maximum absolute atomic E-state index is 10.8. The Morgan fingerprint density at radius 3 is 2.21 bits per heavy atom. The molecule has 2 saturated heterocycles. The Kier molecular flexibility index (Phi) is 8.89. The van der Waals surface area contributed by atoms with Gasteiger partial charge in [-0.05, 0) is 25.1 Å². The van der Waals surface area contributed by atoms with Crippen LogP contribution in [-0.2, 0) is 18.9 Å². The molecule has 0 bridgehead atoms. The van der Waals surface area contributed by atoms with Crippen LogP contribution in [0.2, 0.25) is 0 Å². The number of aliphatic hydroxyl groups is 7. The summed E-state index contributed by atoms with van der Waals surface area (Å²) in [6.45, 7) is 0.972. The van der Waals surface area contributed by atoms with Gasteiger partial charge in [-0.2, -0.15) is 0 Å². The lowest BCUT2D eigenvalue weighted by molar-refractivity contribution is -0.325. The molecule has 2 aromatic rings. The molecule has 15 heteroatoms. The number of hydrogen-bond donors (Lipinski definition) is 9. The standard InChI is InChI=1S/C28H34O15/c1-10-20(32)22(34)24(36)27(40-10)39-9-19-21(33)23(35)25(37)28(43-19)42-18-8-13-15(31)6-12(29)7-16(13)41-26(18)11-3-4-14(30)17(5-11)38-2/h3-8,10,19-37H,9H2,1-2H3/p+1/t10-,19+,20-,21+,22+,23-,24+,25+,26?,27+,28+/m0/s1. The molecule has 11 atom stereocenters. The van der Waals surface area contributed by atoms with Crippen molar-refractivity contribution in [2.45, 2.75) is 74.4 Å². The second kappa shape index (κ2) is 12.3. The number of aromatic hydroxyl groups is 4. The SMILES string of the molecule is COc1cc(C2[OH+]c3cc(O)cc(O)c3C=C2O[C@@H]2O[C@H](CO[C@@H]3O[C@@H](C)[C@H](O)[C@@H](O)[C@H]3O)[C@@H](O)[C@H](O)[C@H]2O)ccc1O. The van der Waals surface area contributed by atoms with Gasteiger partial charge in [0, 0.05) is 12.1 Å². The first kappa shape index (κ1) is 31.1. The highest BCUT2D eigenvalue weighted by Gasteiger charge is 2.48. The summed E-state index contributed by atoms with van der Waals surface area (Å²) in [4.78, 5) is 0. The topological polar surface area (TPSA) is 241 Å². The lowest BCUT2D eigenvalue weighted by Crippen LogP contribution is -2.61. The van der Waals surface area contributed by atoms with Crippen molar-refractivity contribution in [2.75, 3.05) is 13.7 Å². The van der Waals surface area contributed by atoms with Crippen LogP contribution >= 0.6 is 0 Å². The molecule has 0 spiro atoms. The van der Waals surface area contributed by atoms with Crippen molar-refractivity contribution in [3.8, 4) is 28.7 Å². The molecule has 0 radical (unpaired) electrons. The summed E-state index contributed by atoms with van der Waals surface area (Å²) in [5.41, 5.74) is 0.623. The second-order valence-electron chi connectivity index (χ2n) is 10.6. The van der Waals surface area contributed by atoms with Gasteiger partial charge in [0.25, 0.3) is 11.9 Å². The molecule has 43 heavy (non-hydrogen) atoms. The fourth-order valence-corrected chi connectivity index (χ4v) is 5.12. The molecule has 0 saturated carbocycles. The Morgan fingerprint density at radius 2 is 1.49 bits per heavy atom. The Hall–Kier alpha value is -3.38. The number of phenols is 3. The Labute approximate surface area is 244 Å². The third-order valence-electron chi connectivity index (χ3n) is 7.62. The fourth-order valence-electron chi connectivity index (χ4n) is 5.12. The van der Waals surface area contributed by atoms with Gasteiger partial charge >= 0.3 is 0 Å². The number of methoxy groups -OCH3 is 1. The summed E-state index contributed by atoms with van der Waals surface area (Å²) in [5.74, 6) is -0.346. The molecule has 10 N–H and O–H groups in total. The van der Waals surface area contributed by atoms with Crippen molar-refractivity contribution >= 4 is 6.08 Å². The van der Waals surface area contributed by atoms with Crippen LogP contribution in [0.5, 0.6) is 28.7 Å². The van der Waals surface area contributed by atoms with Crippen LogP contribution in [0.25, 0.3) is 6.08 Å². The number of phenolic OH excluding ortho intramolecular Hbond substituents is 3. The molecule has 15 nitrogen and oxygen atoms in total. The molecule has 0 aromatic heterocycles. The second-order valence-corrected chi connectivity index (χ2v) is 10.6. The molecule has 236 valence electrons. The van der Waals surface area contributed by atoms with Crippen molar-refractivity contribution in [3.05, 3.63) is 47.2 Å². The van der Waals surface area contributed by atoms with Crippen molar-refractivity contribution < 1.29 is 74.4 Å². The van der Waals surface area contributed by atoms with Gasteiger partial charge in [0.2, 0.25) is 6.29 Å². The van der Waals surface area contributed by atoms with E-state index in [4.69, 9.17) is 23.7 Å². The van der Waals surface area contributed by atoms with Crippen molar-refractivity contribution in [1.29, 1.82) is 0 Å². The summed E-state index contributed by atoms with van der Waals surface area (Å²) in [7, 11) is 1.36. The highest BCUT2D eigenvalue weighted by atomic mass is 16.7. The normalized spacial score (nSPS) is 35.8. The van der Waals surface area contributed by atoms with E-state index in [-0.39, 0.29) is 40.1 Å². The Balaban J connectivity index is 1.40. The van der Waals surface area contributed by atoms with E-state index in [1.165, 1.54) is 44.4 Å². The number of hydrogen-bond acceptors (Lipinski definition) is 14. The molecule has 3 aliphatic rings. The summed E-state index contributed by atoms with van der Waals surface area (Å²) in [6.07, 6.45) is -14.6. The minimum atomic E-state index is -1.78. The smallest absolute Gasteiger partial charge is 0.270 e. The first-order valence-corrected chi connectivity index (χ1v) is 13.4. The van der Waals surface area contributed by atoms with Crippen LogP contribution in [0.15, 0.2) is 36.1 Å². The van der Waals surface area contributed by atoms with Crippen molar-refractivity contribution in [2.24, 2.45) is 0 Å². The van der Waals surface area contributed by atoms with E-state index in [9.17, 15) is 46.0 Å². The van der Waals surface area contributed by atoms with E-state index >= 15 is 0 Å². The molecule has 3 aliphatic heterocycles. The van der Waals surface area contributed by atoms with Crippen LogP contribution in [-0.4, -0.2) is 126 Å². The zero-order valence-corrected chi connectivity index (χ0v) is 23.0. The Morgan fingerprint density at radius 1 is 0.791 bits per heavy atom. The van der Waals surface area contributed by atoms with Gasteiger partial charge in [0.15, 0.2) is 23.5 Å². The maximum Gasteiger partial charge on any atom is 0.270 e. The first-order valence-electron chi connectivity index (χ1n) is 13.4. The highest BCUT2D eigenvalue weighted by Crippen LogP contribution is 2.46. The predicted molar refractivity (Wildman–Crippen MR) is 143 cm³/mol. The van der Waals surface area contributed by atoms with Crippen molar-refractivity contribution in [1.82, 2.24) is 0 Å². The van der Waals surface area contributed by atoms with Crippen molar-refractivity contribution in [3.63, 3.8) is 0 Å². The summed E-state index contributed by atoms with van der Waals surface area (Å²) < 4.78 is 32.5. The van der Waals surface area contributed by atoms with E-state index in [0.717, 1.165) is 6.07 Å². The molecule has 5 rings (SSSR count). The number of rotatable bonds is 7. The highest BCUT2D eigenvalue weighted by molar-refractivity contribution is 5.69. The van der Waals surface area contributed by atoms with E-state index in [1.807, 2.05) is 0 Å². The number of ether oxygens (including phenoxy) is 6. The maximum atomic E-state index is 10.8. The fraction of sp³-hybridized carbons (Fsp3) is 0.500. The molecule has 2 fully saturated rings.